The van der Waals surface area contributed by atoms with Crippen LogP contribution in [0.4, 0.5) is 0 Å². The maximum Gasteiger partial charge on any atom is 0.163 e. The zero-order chi connectivity index (χ0) is 14.3. The molecule has 0 radical (unpaired) electrons. The summed E-state index contributed by atoms with van der Waals surface area (Å²) < 4.78 is 5.56. The number of benzene rings is 1. The first-order valence-corrected chi connectivity index (χ1v) is 8.03. The Bertz CT molecular complexity index is 413. The monoisotopic (exact) mass is 280 g/mol. The summed E-state index contributed by atoms with van der Waals surface area (Å²) in [6, 6.07) is 5.78. The molecule has 0 unspecified atom stereocenters. The van der Waals surface area contributed by atoms with Crippen LogP contribution in [-0.4, -0.2) is 23.4 Å². The summed E-state index contributed by atoms with van der Waals surface area (Å²) in [5.41, 5.74) is 1.92. The normalized spacial score (nSPS) is 10.8. The van der Waals surface area contributed by atoms with Crippen LogP contribution in [0.5, 0.6) is 5.75 Å². The molecule has 0 saturated heterocycles. The van der Waals surface area contributed by atoms with Crippen LogP contribution in [0.1, 0.15) is 50.0 Å². The van der Waals surface area contributed by atoms with Crippen LogP contribution in [0.3, 0.4) is 0 Å². The SMILES string of the molecule is CCOc1ccc(C(=O)CCSC(C)C)cc1CC. The van der Waals surface area contributed by atoms with Gasteiger partial charge in [0, 0.05) is 17.7 Å². The van der Waals surface area contributed by atoms with E-state index < -0.39 is 0 Å². The minimum Gasteiger partial charge on any atom is -0.494 e. The van der Waals surface area contributed by atoms with E-state index in [0.29, 0.717) is 18.3 Å². The topological polar surface area (TPSA) is 26.3 Å². The number of hydrogen-bond acceptors (Lipinski definition) is 3. The van der Waals surface area contributed by atoms with Crippen molar-refractivity contribution in [2.24, 2.45) is 0 Å². The molecule has 0 N–H and O–H groups in total. The highest BCUT2D eigenvalue weighted by Crippen LogP contribution is 2.22. The van der Waals surface area contributed by atoms with Crippen molar-refractivity contribution in [2.75, 3.05) is 12.4 Å². The van der Waals surface area contributed by atoms with Crippen LogP contribution >= 0.6 is 11.8 Å². The molecule has 0 aliphatic heterocycles. The van der Waals surface area contributed by atoms with E-state index in [0.717, 1.165) is 29.1 Å². The van der Waals surface area contributed by atoms with Crippen molar-refractivity contribution in [3.63, 3.8) is 0 Å². The van der Waals surface area contributed by atoms with Crippen LogP contribution in [0.15, 0.2) is 18.2 Å². The molecule has 19 heavy (non-hydrogen) atoms. The van der Waals surface area contributed by atoms with E-state index in [1.807, 2.05) is 36.9 Å². The standard InChI is InChI=1S/C16H24O2S/c1-5-13-11-14(7-8-16(13)18-6-2)15(17)9-10-19-12(3)4/h7-8,11-12H,5-6,9-10H2,1-4H3. The van der Waals surface area contributed by atoms with Gasteiger partial charge in [-0.3, -0.25) is 4.79 Å². The number of carbonyl (C=O) groups is 1. The summed E-state index contributed by atoms with van der Waals surface area (Å²) in [7, 11) is 0. The molecule has 1 aromatic rings. The van der Waals surface area contributed by atoms with Gasteiger partial charge in [-0.2, -0.15) is 11.8 Å². The summed E-state index contributed by atoms with van der Waals surface area (Å²) in [5.74, 6) is 2.02. The molecule has 106 valence electrons. The fourth-order valence-electron chi connectivity index (χ4n) is 1.86. The van der Waals surface area contributed by atoms with Crippen molar-refractivity contribution in [1.82, 2.24) is 0 Å². The summed E-state index contributed by atoms with van der Waals surface area (Å²) >= 11 is 1.83. The first kappa shape index (κ1) is 16.1. The van der Waals surface area contributed by atoms with E-state index in [4.69, 9.17) is 4.74 Å². The Hall–Kier alpha value is -0.960. The highest BCUT2D eigenvalue weighted by Gasteiger charge is 2.10. The molecule has 3 heteroatoms. The number of Topliss-reactive ketones (excluding diaryl/α,β-unsaturated/α-hetero) is 1. The van der Waals surface area contributed by atoms with Crippen molar-refractivity contribution >= 4 is 17.5 Å². The number of carbonyl (C=O) groups excluding carboxylic acids is 1. The largest absolute Gasteiger partial charge is 0.494 e. The zero-order valence-electron chi connectivity index (χ0n) is 12.4. The van der Waals surface area contributed by atoms with Gasteiger partial charge in [-0.25, -0.2) is 0 Å². The van der Waals surface area contributed by atoms with Crippen molar-refractivity contribution < 1.29 is 9.53 Å². The number of aryl methyl sites for hydroxylation is 1. The third-order valence-electron chi connectivity index (χ3n) is 2.84. The van der Waals surface area contributed by atoms with Crippen LogP contribution in [0.25, 0.3) is 0 Å². The lowest BCUT2D eigenvalue weighted by Crippen LogP contribution is -2.04. The average Bonchev–Trinajstić information content (AvgIpc) is 2.39. The second kappa shape index (κ2) is 8.26. The summed E-state index contributed by atoms with van der Waals surface area (Å²) in [6.45, 7) is 9.02. The predicted molar refractivity (Wildman–Crippen MR) is 83.5 cm³/mol. The Morgan fingerprint density at radius 1 is 1.32 bits per heavy atom. The number of rotatable bonds is 8. The van der Waals surface area contributed by atoms with Crippen molar-refractivity contribution in [3.05, 3.63) is 29.3 Å². The van der Waals surface area contributed by atoms with Gasteiger partial charge in [0.2, 0.25) is 0 Å². The van der Waals surface area contributed by atoms with Crippen LogP contribution in [0.2, 0.25) is 0 Å². The third-order valence-corrected chi connectivity index (χ3v) is 3.95. The first-order valence-electron chi connectivity index (χ1n) is 6.99. The second-order valence-corrected chi connectivity index (χ2v) is 6.39. The van der Waals surface area contributed by atoms with Crippen molar-refractivity contribution in [1.29, 1.82) is 0 Å². The van der Waals surface area contributed by atoms with E-state index in [9.17, 15) is 4.79 Å². The summed E-state index contributed by atoms with van der Waals surface area (Å²) in [6.07, 6.45) is 1.50. The molecule has 0 aliphatic carbocycles. The average molecular weight is 280 g/mol. The van der Waals surface area contributed by atoms with Crippen LogP contribution < -0.4 is 4.74 Å². The molecular formula is C16H24O2S. The van der Waals surface area contributed by atoms with Gasteiger partial charge < -0.3 is 4.74 Å². The minimum absolute atomic E-state index is 0.228. The second-order valence-electron chi connectivity index (χ2n) is 4.70. The van der Waals surface area contributed by atoms with Gasteiger partial charge in [-0.15, -0.1) is 0 Å². The third kappa shape index (κ3) is 5.27. The van der Waals surface area contributed by atoms with Gasteiger partial charge in [0.05, 0.1) is 6.61 Å². The van der Waals surface area contributed by atoms with Gasteiger partial charge >= 0.3 is 0 Å². The molecule has 0 bridgehead atoms. The Kier molecular flexibility index (Phi) is 7.00. The summed E-state index contributed by atoms with van der Waals surface area (Å²) in [5, 5.41) is 0.583. The molecule has 0 aliphatic rings. The molecule has 0 aromatic heterocycles. The molecule has 0 amide bonds. The molecule has 0 heterocycles. The first-order chi connectivity index (χ1) is 9.08. The molecular weight excluding hydrogens is 256 g/mol. The van der Waals surface area contributed by atoms with E-state index in [1.54, 1.807) is 0 Å². The lowest BCUT2D eigenvalue weighted by molar-refractivity contribution is 0.0989. The molecule has 0 atom stereocenters. The Morgan fingerprint density at radius 2 is 2.05 bits per heavy atom. The van der Waals surface area contributed by atoms with E-state index in [1.165, 1.54) is 0 Å². The lowest BCUT2D eigenvalue weighted by atomic mass is 10.0. The number of hydrogen-bond donors (Lipinski definition) is 0. The van der Waals surface area contributed by atoms with Gasteiger partial charge in [0.1, 0.15) is 5.75 Å². The summed E-state index contributed by atoms with van der Waals surface area (Å²) in [4.78, 5) is 12.1. The van der Waals surface area contributed by atoms with E-state index >= 15 is 0 Å². The Balaban J connectivity index is 2.70. The van der Waals surface area contributed by atoms with Gasteiger partial charge in [0.15, 0.2) is 5.78 Å². The molecule has 1 aromatic carbocycles. The van der Waals surface area contributed by atoms with Crippen molar-refractivity contribution in [3.8, 4) is 5.75 Å². The van der Waals surface area contributed by atoms with Crippen molar-refractivity contribution in [2.45, 2.75) is 45.8 Å². The van der Waals surface area contributed by atoms with Gasteiger partial charge in [-0.1, -0.05) is 20.8 Å². The highest BCUT2D eigenvalue weighted by molar-refractivity contribution is 7.99. The van der Waals surface area contributed by atoms with Gasteiger partial charge in [0.25, 0.3) is 0 Å². The maximum absolute atomic E-state index is 12.1. The predicted octanol–water partition coefficient (Wildman–Crippen LogP) is 4.36. The minimum atomic E-state index is 0.228. The smallest absolute Gasteiger partial charge is 0.163 e. The van der Waals surface area contributed by atoms with Gasteiger partial charge in [-0.05, 0) is 42.4 Å². The number of thioether (sulfide) groups is 1. The zero-order valence-corrected chi connectivity index (χ0v) is 13.2. The quantitative estimate of drug-likeness (QED) is 0.662. The Morgan fingerprint density at radius 3 is 2.63 bits per heavy atom. The number of ether oxygens (including phenoxy) is 1. The fraction of sp³-hybridized carbons (Fsp3) is 0.562. The molecule has 0 fully saturated rings. The van der Waals surface area contributed by atoms with Crippen LogP contribution in [-0.2, 0) is 6.42 Å². The molecule has 2 nitrogen and oxygen atoms in total. The fourth-order valence-corrected chi connectivity index (χ4v) is 2.63. The highest BCUT2D eigenvalue weighted by atomic mass is 32.2. The van der Waals surface area contributed by atoms with Crippen LogP contribution in [0, 0.1) is 0 Å². The molecule has 1 rings (SSSR count). The maximum atomic E-state index is 12.1. The van der Waals surface area contributed by atoms with E-state index in [2.05, 4.69) is 20.8 Å². The van der Waals surface area contributed by atoms with E-state index in [-0.39, 0.29) is 5.78 Å². The molecule has 0 spiro atoms. The lowest BCUT2D eigenvalue weighted by Gasteiger charge is -2.10. The molecule has 0 saturated carbocycles. The number of ketones is 1. The Labute approximate surface area is 120 Å².